The number of rotatable bonds is 7. The van der Waals surface area contributed by atoms with Crippen LogP contribution >= 0.6 is 0 Å². The lowest BCUT2D eigenvalue weighted by molar-refractivity contribution is -0.00602. The van der Waals surface area contributed by atoms with Gasteiger partial charge >= 0.3 is 0 Å². The summed E-state index contributed by atoms with van der Waals surface area (Å²) in [6.45, 7) is 4.04. The normalized spacial score (nSPS) is 16.5. The number of ether oxygens (including phenoxy) is 2. The van der Waals surface area contributed by atoms with Gasteiger partial charge in [-0.1, -0.05) is 0 Å². The maximum atomic E-state index is 5.45. The van der Waals surface area contributed by atoms with Crippen LogP contribution in [0, 0.1) is 0 Å². The Hall–Kier alpha value is -0.840. The topological polar surface area (TPSA) is 43.6 Å². The quantitative estimate of drug-likeness (QED) is 0.688. The Morgan fingerprint density at radius 2 is 2.40 bits per heavy atom. The van der Waals surface area contributed by atoms with E-state index < -0.39 is 0 Å². The molecule has 0 saturated carbocycles. The van der Waals surface area contributed by atoms with Crippen molar-refractivity contribution in [3.63, 3.8) is 0 Å². The zero-order valence-corrected chi connectivity index (χ0v) is 8.78. The molecule has 2 rings (SSSR count). The first-order chi connectivity index (χ1) is 7.45. The number of nitrogens with one attached hydrogen (secondary N) is 1. The third-order valence-corrected chi connectivity index (χ3v) is 2.36. The molecule has 0 spiro atoms. The maximum absolute atomic E-state index is 5.45. The van der Waals surface area contributed by atoms with Crippen molar-refractivity contribution in [1.82, 2.24) is 5.32 Å². The standard InChI is InChI=1S/C11H17NO3/c1-3-11(15-6-1)9-13-5-2-4-12-10-7-14-8-10/h1,3,6,10,12H,2,4-5,7-9H2. The van der Waals surface area contributed by atoms with Crippen molar-refractivity contribution >= 4 is 0 Å². The van der Waals surface area contributed by atoms with E-state index in [4.69, 9.17) is 13.9 Å². The highest BCUT2D eigenvalue weighted by Gasteiger charge is 2.16. The van der Waals surface area contributed by atoms with Gasteiger partial charge in [0, 0.05) is 6.61 Å². The monoisotopic (exact) mass is 211 g/mol. The molecule has 0 aliphatic carbocycles. The van der Waals surface area contributed by atoms with Crippen LogP contribution in [0.3, 0.4) is 0 Å². The molecule has 1 aromatic rings. The van der Waals surface area contributed by atoms with Gasteiger partial charge < -0.3 is 19.2 Å². The summed E-state index contributed by atoms with van der Waals surface area (Å²) < 4.78 is 15.6. The van der Waals surface area contributed by atoms with E-state index in [1.807, 2.05) is 12.1 Å². The third kappa shape index (κ3) is 3.66. The smallest absolute Gasteiger partial charge is 0.129 e. The predicted octanol–water partition coefficient (Wildman–Crippen LogP) is 1.17. The first kappa shape index (κ1) is 10.7. The first-order valence-corrected chi connectivity index (χ1v) is 5.36. The van der Waals surface area contributed by atoms with Crippen molar-refractivity contribution in [3.05, 3.63) is 24.2 Å². The Kier molecular flexibility index (Phi) is 4.20. The second kappa shape index (κ2) is 5.90. The minimum atomic E-state index is 0.565. The predicted molar refractivity (Wildman–Crippen MR) is 55.6 cm³/mol. The molecule has 4 heteroatoms. The Morgan fingerprint density at radius 1 is 1.47 bits per heavy atom. The Balaban J connectivity index is 1.41. The molecule has 0 bridgehead atoms. The molecule has 1 aliphatic heterocycles. The average Bonchev–Trinajstić information content (AvgIpc) is 2.66. The molecule has 0 aromatic carbocycles. The molecule has 0 unspecified atom stereocenters. The molecule has 2 heterocycles. The molecule has 0 amide bonds. The fourth-order valence-corrected chi connectivity index (χ4v) is 1.40. The van der Waals surface area contributed by atoms with Gasteiger partial charge in [0.25, 0.3) is 0 Å². The maximum Gasteiger partial charge on any atom is 0.129 e. The lowest BCUT2D eigenvalue weighted by Crippen LogP contribution is -2.46. The van der Waals surface area contributed by atoms with Gasteiger partial charge in [0.1, 0.15) is 12.4 Å². The second-order valence-electron chi connectivity index (χ2n) is 3.67. The van der Waals surface area contributed by atoms with Gasteiger partial charge in [0.15, 0.2) is 0 Å². The molecule has 1 fully saturated rings. The van der Waals surface area contributed by atoms with Crippen LogP contribution in [0.25, 0.3) is 0 Å². The summed E-state index contributed by atoms with van der Waals surface area (Å²) in [5.41, 5.74) is 0. The summed E-state index contributed by atoms with van der Waals surface area (Å²) >= 11 is 0. The minimum Gasteiger partial charge on any atom is -0.467 e. The molecule has 15 heavy (non-hydrogen) atoms. The molecule has 4 nitrogen and oxygen atoms in total. The molecular weight excluding hydrogens is 194 g/mol. The van der Waals surface area contributed by atoms with Crippen LogP contribution < -0.4 is 5.32 Å². The molecule has 0 radical (unpaired) electrons. The van der Waals surface area contributed by atoms with Crippen molar-refractivity contribution in [2.75, 3.05) is 26.4 Å². The van der Waals surface area contributed by atoms with Gasteiger partial charge in [-0.25, -0.2) is 0 Å². The van der Waals surface area contributed by atoms with Crippen LogP contribution in [0.15, 0.2) is 22.8 Å². The summed E-state index contributed by atoms with van der Waals surface area (Å²) in [7, 11) is 0. The third-order valence-electron chi connectivity index (χ3n) is 2.36. The summed E-state index contributed by atoms with van der Waals surface area (Å²) in [5, 5.41) is 3.38. The highest BCUT2D eigenvalue weighted by molar-refractivity contribution is 4.95. The lowest BCUT2D eigenvalue weighted by Gasteiger charge is -2.26. The SMILES string of the molecule is c1coc(COCCCNC2COC2)c1. The van der Waals surface area contributed by atoms with Gasteiger partial charge in [0.05, 0.1) is 25.5 Å². The van der Waals surface area contributed by atoms with Crippen molar-refractivity contribution < 1.29 is 13.9 Å². The molecular formula is C11H17NO3. The molecule has 1 saturated heterocycles. The molecule has 1 aromatic heterocycles. The van der Waals surface area contributed by atoms with Crippen molar-refractivity contribution in [3.8, 4) is 0 Å². The minimum absolute atomic E-state index is 0.565. The van der Waals surface area contributed by atoms with Crippen molar-refractivity contribution in [2.45, 2.75) is 19.1 Å². The summed E-state index contributed by atoms with van der Waals surface area (Å²) in [4.78, 5) is 0. The lowest BCUT2D eigenvalue weighted by atomic mass is 10.2. The van der Waals surface area contributed by atoms with Gasteiger partial charge in [-0.2, -0.15) is 0 Å². The first-order valence-electron chi connectivity index (χ1n) is 5.36. The Bertz CT molecular complexity index is 257. The Labute approximate surface area is 89.6 Å². The zero-order chi connectivity index (χ0) is 10.3. The molecule has 1 aliphatic rings. The Morgan fingerprint density at radius 3 is 3.07 bits per heavy atom. The summed E-state index contributed by atoms with van der Waals surface area (Å²) in [5.74, 6) is 0.885. The average molecular weight is 211 g/mol. The van der Waals surface area contributed by atoms with Gasteiger partial charge in [-0.15, -0.1) is 0 Å². The van der Waals surface area contributed by atoms with Gasteiger partial charge in [-0.3, -0.25) is 0 Å². The van der Waals surface area contributed by atoms with Crippen molar-refractivity contribution in [1.29, 1.82) is 0 Å². The van der Waals surface area contributed by atoms with Crippen LogP contribution in [0.5, 0.6) is 0 Å². The highest BCUT2D eigenvalue weighted by Crippen LogP contribution is 2.02. The van der Waals surface area contributed by atoms with Crippen LogP contribution in [0.4, 0.5) is 0 Å². The van der Waals surface area contributed by atoms with Crippen molar-refractivity contribution in [2.24, 2.45) is 0 Å². The van der Waals surface area contributed by atoms with Gasteiger partial charge in [-0.05, 0) is 25.1 Å². The zero-order valence-electron chi connectivity index (χ0n) is 8.78. The summed E-state index contributed by atoms with van der Waals surface area (Å²) in [6, 6.07) is 4.36. The molecule has 0 atom stereocenters. The van der Waals surface area contributed by atoms with Gasteiger partial charge in [0.2, 0.25) is 0 Å². The van der Waals surface area contributed by atoms with E-state index in [0.717, 1.165) is 38.5 Å². The van der Waals surface area contributed by atoms with Crippen LogP contribution in [0.1, 0.15) is 12.2 Å². The van der Waals surface area contributed by atoms with E-state index in [1.165, 1.54) is 0 Å². The molecule has 84 valence electrons. The summed E-state index contributed by atoms with van der Waals surface area (Å²) in [6.07, 6.45) is 2.69. The largest absolute Gasteiger partial charge is 0.467 e. The fraction of sp³-hybridized carbons (Fsp3) is 0.636. The van der Waals surface area contributed by atoms with Crippen LogP contribution in [-0.4, -0.2) is 32.4 Å². The highest BCUT2D eigenvalue weighted by atomic mass is 16.5. The number of hydrogen-bond acceptors (Lipinski definition) is 4. The molecule has 1 N–H and O–H groups in total. The van der Waals surface area contributed by atoms with E-state index in [2.05, 4.69) is 5.32 Å². The van der Waals surface area contributed by atoms with E-state index in [1.54, 1.807) is 6.26 Å². The van der Waals surface area contributed by atoms with E-state index in [0.29, 0.717) is 12.6 Å². The number of hydrogen-bond donors (Lipinski definition) is 1. The van der Waals surface area contributed by atoms with Crippen LogP contribution in [-0.2, 0) is 16.1 Å². The van der Waals surface area contributed by atoms with Crippen LogP contribution in [0.2, 0.25) is 0 Å². The van der Waals surface area contributed by atoms with E-state index in [-0.39, 0.29) is 0 Å². The second-order valence-corrected chi connectivity index (χ2v) is 3.67. The number of furan rings is 1. The fourth-order valence-electron chi connectivity index (χ4n) is 1.40. The van der Waals surface area contributed by atoms with E-state index >= 15 is 0 Å². The van der Waals surface area contributed by atoms with E-state index in [9.17, 15) is 0 Å².